The SMILES string of the molecule is Cc1cc(COc2ccc(Cl)cc2CNC2CC2)on1. The van der Waals surface area contributed by atoms with Crippen LogP contribution in [-0.4, -0.2) is 11.2 Å². The molecule has 2 aromatic rings. The number of hydrogen-bond acceptors (Lipinski definition) is 4. The van der Waals surface area contributed by atoms with E-state index in [-0.39, 0.29) is 0 Å². The van der Waals surface area contributed by atoms with Crippen molar-refractivity contribution in [3.05, 3.63) is 46.3 Å². The summed E-state index contributed by atoms with van der Waals surface area (Å²) in [5.74, 6) is 1.55. The average molecular weight is 293 g/mol. The second-order valence-corrected chi connectivity index (χ2v) is 5.57. The van der Waals surface area contributed by atoms with Gasteiger partial charge in [0.15, 0.2) is 5.76 Å². The van der Waals surface area contributed by atoms with Crippen LogP contribution < -0.4 is 10.1 Å². The van der Waals surface area contributed by atoms with E-state index in [9.17, 15) is 0 Å². The minimum absolute atomic E-state index is 0.374. The summed E-state index contributed by atoms with van der Waals surface area (Å²) in [4.78, 5) is 0. The van der Waals surface area contributed by atoms with E-state index < -0.39 is 0 Å². The Labute approximate surface area is 123 Å². The lowest BCUT2D eigenvalue weighted by Crippen LogP contribution is -2.16. The summed E-state index contributed by atoms with van der Waals surface area (Å²) in [6.07, 6.45) is 2.52. The first kappa shape index (κ1) is 13.5. The van der Waals surface area contributed by atoms with Gasteiger partial charge in [0.2, 0.25) is 0 Å². The van der Waals surface area contributed by atoms with Gasteiger partial charge in [-0.05, 0) is 38.0 Å². The highest BCUT2D eigenvalue weighted by Gasteiger charge is 2.20. The first-order valence-electron chi connectivity index (χ1n) is 6.77. The number of benzene rings is 1. The lowest BCUT2D eigenvalue weighted by molar-refractivity contribution is 0.246. The number of ether oxygens (including phenoxy) is 1. The topological polar surface area (TPSA) is 47.3 Å². The first-order valence-corrected chi connectivity index (χ1v) is 7.15. The monoisotopic (exact) mass is 292 g/mol. The molecule has 0 bridgehead atoms. The number of halogens is 1. The van der Waals surface area contributed by atoms with Crippen LogP contribution in [0, 0.1) is 6.92 Å². The van der Waals surface area contributed by atoms with E-state index >= 15 is 0 Å². The predicted molar refractivity (Wildman–Crippen MR) is 76.9 cm³/mol. The van der Waals surface area contributed by atoms with Gasteiger partial charge in [-0.3, -0.25) is 0 Å². The molecule has 1 aliphatic rings. The third-order valence-corrected chi connectivity index (χ3v) is 3.46. The lowest BCUT2D eigenvalue weighted by atomic mass is 10.2. The molecule has 3 rings (SSSR count). The molecular weight excluding hydrogens is 276 g/mol. The molecule has 4 nitrogen and oxygen atoms in total. The van der Waals surface area contributed by atoms with Gasteiger partial charge in [0.25, 0.3) is 0 Å². The van der Waals surface area contributed by atoms with Crippen molar-refractivity contribution in [3.8, 4) is 5.75 Å². The van der Waals surface area contributed by atoms with E-state index in [2.05, 4.69) is 10.5 Å². The molecule has 0 spiro atoms. The number of aryl methyl sites for hydroxylation is 1. The third kappa shape index (κ3) is 3.52. The fourth-order valence-corrected chi connectivity index (χ4v) is 2.20. The van der Waals surface area contributed by atoms with Crippen molar-refractivity contribution in [1.82, 2.24) is 10.5 Å². The maximum atomic E-state index is 6.06. The Hall–Kier alpha value is -1.52. The average Bonchev–Trinajstić information content (AvgIpc) is 3.17. The summed E-state index contributed by atoms with van der Waals surface area (Å²) in [6.45, 7) is 3.04. The highest BCUT2D eigenvalue weighted by molar-refractivity contribution is 6.30. The second kappa shape index (κ2) is 5.85. The van der Waals surface area contributed by atoms with Gasteiger partial charge in [-0.15, -0.1) is 0 Å². The van der Waals surface area contributed by atoms with Crippen molar-refractivity contribution < 1.29 is 9.26 Å². The molecule has 106 valence electrons. The quantitative estimate of drug-likeness (QED) is 0.885. The molecule has 0 amide bonds. The fourth-order valence-electron chi connectivity index (χ4n) is 2.00. The summed E-state index contributed by atoms with van der Waals surface area (Å²) < 4.78 is 11.0. The zero-order chi connectivity index (χ0) is 13.9. The van der Waals surface area contributed by atoms with Gasteiger partial charge in [0.1, 0.15) is 12.4 Å². The Morgan fingerprint density at radius 3 is 2.95 bits per heavy atom. The molecule has 1 aliphatic carbocycles. The Balaban J connectivity index is 1.66. The number of hydrogen-bond donors (Lipinski definition) is 1. The zero-order valence-electron chi connectivity index (χ0n) is 11.4. The van der Waals surface area contributed by atoms with Crippen molar-refractivity contribution in [2.24, 2.45) is 0 Å². The molecule has 0 radical (unpaired) electrons. The molecule has 0 atom stereocenters. The minimum Gasteiger partial charge on any atom is -0.485 e. The maximum absolute atomic E-state index is 6.06. The smallest absolute Gasteiger partial charge is 0.174 e. The molecule has 0 unspecified atom stereocenters. The van der Waals surface area contributed by atoms with E-state index in [0.717, 1.165) is 34.3 Å². The van der Waals surface area contributed by atoms with E-state index in [1.54, 1.807) is 0 Å². The van der Waals surface area contributed by atoms with Crippen LogP contribution in [0.25, 0.3) is 0 Å². The molecule has 1 aromatic heterocycles. The normalized spacial score (nSPS) is 14.5. The molecule has 1 heterocycles. The van der Waals surface area contributed by atoms with Crippen molar-refractivity contribution in [3.63, 3.8) is 0 Å². The largest absolute Gasteiger partial charge is 0.485 e. The van der Waals surface area contributed by atoms with Crippen LogP contribution in [0.2, 0.25) is 5.02 Å². The number of nitrogens with one attached hydrogen (secondary N) is 1. The van der Waals surface area contributed by atoms with Crippen LogP contribution >= 0.6 is 11.6 Å². The Morgan fingerprint density at radius 1 is 1.40 bits per heavy atom. The van der Waals surface area contributed by atoms with Gasteiger partial charge in [0, 0.05) is 29.2 Å². The van der Waals surface area contributed by atoms with Crippen LogP contribution in [0.3, 0.4) is 0 Å². The van der Waals surface area contributed by atoms with Gasteiger partial charge in [-0.1, -0.05) is 16.8 Å². The number of aromatic nitrogens is 1. The fraction of sp³-hybridized carbons (Fsp3) is 0.400. The minimum atomic E-state index is 0.374. The molecule has 1 saturated carbocycles. The number of nitrogens with zero attached hydrogens (tertiary/aromatic N) is 1. The molecule has 0 saturated heterocycles. The van der Waals surface area contributed by atoms with Gasteiger partial charge in [0.05, 0.1) is 5.69 Å². The molecule has 1 fully saturated rings. The second-order valence-electron chi connectivity index (χ2n) is 5.13. The van der Waals surface area contributed by atoms with Crippen molar-refractivity contribution in [2.45, 2.75) is 39.0 Å². The van der Waals surface area contributed by atoms with Gasteiger partial charge < -0.3 is 14.6 Å². The highest BCUT2D eigenvalue weighted by atomic mass is 35.5. The van der Waals surface area contributed by atoms with Crippen molar-refractivity contribution in [2.75, 3.05) is 0 Å². The summed E-state index contributed by atoms with van der Waals surface area (Å²) in [6, 6.07) is 8.20. The predicted octanol–water partition coefficient (Wildman–Crippen LogP) is 3.47. The summed E-state index contributed by atoms with van der Waals surface area (Å²) in [5.41, 5.74) is 1.93. The van der Waals surface area contributed by atoms with Crippen LogP contribution in [0.5, 0.6) is 5.75 Å². The Morgan fingerprint density at radius 2 is 2.25 bits per heavy atom. The van der Waals surface area contributed by atoms with Crippen molar-refractivity contribution in [1.29, 1.82) is 0 Å². The zero-order valence-corrected chi connectivity index (χ0v) is 12.1. The lowest BCUT2D eigenvalue weighted by Gasteiger charge is -2.11. The Bertz CT molecular complexity index is 593. The van der Waals surface area contributed by atoms with E-state index in [1.807, 2.05) is 31.2 Å². The first-order chi connectivity index (χ1) is 9.70. The molecule has 5 heteroatoms. The van der Waals surface area contributed by atoms with Gasteiger partial charge >= 0.3 is 0 Å². The maximum Gasteiger partial charge on any atom is 0.174 e. The Kier molecular flexibility index (Phi) is 3.94. The van der Waals surface area contributed by atoms with E-state index in [4.69, 9.17) is 20.9 Å². The van der Waals surface area contributed by atoms with Crippen LogP contribution in [0.1, 0.15) is 29.9 Å². The molecule has 1 N–H and O–H groups in total. The van der Waals surface area contributed by atoms with Crippen molar-refractivity contribution >= 4 is 11.6 Å². The third-order valence-electron chi connectivity index (χ3n) is 3.23. The summed E-state index contributed by atoms with van der Waals surface area (Å²) in [7, 11) is 0. The van der Waals surface area contributed by atoms with E-state index in [0.29, 0.717) is 12.6 Å². The molecular formula is C15H17ClN2O2. The van der Waals surface area contributed by atoms with Gasteiger partial charge in [-0.2, -0.15) is 0 Å². The van der Waals surface area contributed by atoms with E-state index in [1.165, 1.54) is 12.8 Å². The number of rotatable bonds is 6. The van der Waals surface area contributed by atoms with Crippen LogP contribution in [0.4, 0.5) is 0 Å². The summed E-state index contributed by atoms with van der Waals surface area (Å²) in [5, 5.41) is 8.04. The molecule has 20 heavy (non-hydrogen) atoms. The van der Waals surface area contributed by atoms with Gasteiger partial charge in [-0.25, -0.2) is 0 Å². The van der Waals surface area contributed by atoms with Crippen LogP contribution in [-0.2, 0) is 13.2 Å². The molecule has 1 aromatic carbocycles. The molecule has 0 aliphatic heterocycles. The van der Waals surface area contributed by atoms with Crippen LogP contribution in [0.15, 0.2) is 28.8 Å². The summed E-state index contributed by atoms with van der Waals surface area (Å²) >= 11 is 6.06. The highest BCUT2D eigenvalue weighted by Crippen LogP contribution is 2.26. The standard InChI is InChI=1S/C15H17ClN2O2/c1-10-6-14(20-18-10)9-19-15-5-2-12(16)7-11(15)8-17-13-3-4-13/h2,5-7,13,17H,3-4,8-9H2,1H3.